The van der Waals surface area contributed by atoms with Crippen LogP contribution in [-0.2, 0) is 22.7 Å². The number of halogens is 3. The SMILES string of the molecule is CCCOc1ccc(CN2C(=O)NC(=O)/C(=C\c3cc(Cl)cc(Cl)c3OCc3ccccc3Cl)C2=O)cc1OC. The minimum atomic E-state index is -0.861. The van der Waals surface area contributed by atoms with Gasteiger partial charge >= 0.3 is 6.03 Å². The lowest BCUT2D eigenvalue weighted by Gasteiger charge is -2.27. The van der Waals surface area contributed by atoms with Gasteiger partial charge in [-0.1, -0.05) is 66.0 Å². The van der Waals surface area contributed by atoms with Gasteiger partial charge in [-0.2, -0.15) is 0 Å². The molecular weight excluding hydrogens is 579 g/mol. The van der Waals surface area contributed by atoms with Gasteiger partial charge in [0, 0.05) is 21.2 Å². The second-order valence-corrected chi connectivity index (χ2v) is 9.98. The van der Waals surface area contributed by atoms with Crippen LogP contribution in [0.4, 0.5) is 4.79 Å². The number of carbonyl (C=O) groups excluding carboxylic acids is 3. The Morgan fingerprint density at radius 2 is 1.70 bits per heavy atom. The average Bonchev–Trinajstić information content (AvgIpc) is 2.92. The van der Waals surface area contributed by atoms with E-state index in [1.165, 1.54) is 25.3 Å². The highest BCUT2D eigenvalue weighted by Gasteiger charge is 2.36. The first-order valence-electron chi connectivity index (χ1n) is 12.3. The monoisotopic (exact) mass is 602 g/mol. The molecule has 0 saturated carbocycles. The fourth-order valence-corrected chi connectivity index (χ4v) is 4.68. The van der Waals surface area contributed by atoms with Crippen LogP contribution in [0.1, 0.15) is 30.0 Å². The van der Waals surface area contributed by atoms with Crippen molar-refractivity contribution in [1.82, 2.24) is 10.2 Å². The number of urea groups is 1. The summed E-state index contributed by atoms with van der Waals surface area (Å²) in [6, 6.07) is 14.3. The molecule has 208 valence electrons. The van der Waals surface area contributed by atoms with E-state index in [0.717, 1.165) is 11.3 Å². The van der Waals surface area contributed by atoms with E-state index < -0.39 is 17.8 Å². The molecule has 1 fully saturated rings. The molecule has 0 bridgehead atoms. The molecule has 3 aromatic carbocycles. The lowest BCUT2D eigenvalue weighted by Crippen LogP contribution is -2.53. The number of ether oxygens (including phenoxy) is 3. The normalized spacial score (nSPS) is 14.4. The zero-order valence-electron chi connectivity index (χ0n) is 21.6. The number of hydrogen-bond donors (Lipinski definition) is 1. The lowest BCUT2D eigenvalue weighted by molar-refractivity contribution is -0.130. The Morgan fingerprint density at radius 1 is 0.925 bits per heavy atom. The van der Waals surface area contributed by atoms with E-state index in [1.54, 1.807) is 36.4 Å². The Bertz CT molecular complexity index is 1490. The Kier molecular flexibility index (Phi) is 9.58. The van der Waals surface area contributed by atoms with Crippen LogP contribution in [0.2, 0.25) is 15.1 Å². The molecule has 0 aromatic heterocycles. The quantitative estimate of drug-likeness (QED) is 0.205. The third-order valence-corrected chi connectivity index (χ3v) is 6.75. The minimum absolute atomic E-state index is 0.0712. The third-order valence-electron chi connectivity index (χ3n) is 5.88. The van der Waals surface area contributed by atoms with Gasteiger partial charge in [0.2, 0.25) is 0 Å². The van der Waals surface area contributed by atoms with Gasteiger partial charge in [-0.15, -0.1) is 0 Å². The van der Waals surface area contributed by atoms with Crippen molar-refractivity contribution < 1.29 is 28.6 Å². The topological polar surface area (TPSA) is 94.2 Å². The van der Waals surface area contributed by atoms with Crippen molar-refractivity contribution in [2.75, 3.05) is 13.7 Å². The number of carbonyl (C=O) groups is 3. The van der Waals surface area contributed by atoms with Crippen LogP contribution < -0.4 is 19.5 Å². The van der Waals surface area contributed by atoms with Gasteiger partial charge in [0.1, 0.15) is 17.9 Å². The van der Waals surface area contributed by atoms with Gasteiger partial charge < -0.3 is 14.2 Å². The molecule has 0 spiro atoms. The maximum Gasteiger partial charge on any atom is 0.331 e. The molecule has 1 aliphatic rings. The Hall–Kier alpha value is -3.72. The number of rotatable bonds is 10. The Labute approximate surface area is 246 Å². The molecule has 1 N–H and O–H groups in total. The number of methoxy groups -OCH3 is 1. The van der Waals surface area contributed by atoms with Crippen LogP contribution in [0.25, 0.3) is 6.08 Å². The summed E-state index contributed by atoms with van der Waals surface area (Å²) in [7, 11) is 1.50. The molecule has 0 aliphatic carbocycles. The molecule has 0 radical (unpaired) electrons. The molecule has 4 amide bonds. The first kappa shape index (κ1) is 29.3. The summed E-state index contributed by atoms with van der Waals surface area (Å²) in [5.41, 5.74) is 1.28. The Morgan fingerprint density at radius 3 is 2.42 bits per heavy atom. The van der Waals surface area contributed by atoms with E-state index in [2.05, 4.69) is 5.32 Å². The largest absolute Gasteiger partial charge is 0.493 e. The van der Waals surface area contributed by atoms with Crippen LogP contribution in [0.3, 0.4) is 0 Å². The predicted octanol–water partition coefficient (Wildman–Crippen LogP) is 6.69. The number of nitrogens with one attached hydrogen (secondary N) is 1. The second kappa shape index (κ2) is 13.1. The number of benzene rings is 3. The highest BCUT2D eigenvalue weighted by Crippen LogP contribution is 2.36. The van der Waals surface area contributed by atoms with Gasteiger partial charge in [0.05, 0.1) is 25.3 Å². The molecule has 11 heteroatoms. The van der Waals surface area contributed by atoms with Crippen molar-refractivity contribution in [2.24, 2.45) is 0 Å². The number of amides is 4. The van der Waals surface area contributed by atoms with Crippen molar-refractivity contribution >= 4 is 58.7 Å². The van der Waals surface area contributed by atoms with Gasteiger partial charge in [-0.05, 0) is 48.4 Å². The van der Waals surface area contributed by atoms with Crippen LogP contribution >= 0.6 is 34.8 Å². The fraction of sp³-hybridized carbons (Fsp3) is 0.207. The number of imide groups is 2. The van der Waals surface area contributed by atoms with Gasteiger partial charge in [0.15, 0.2) is 11.5 Å². The van der Waals surface area contributed by atoms with Crippen molar-refractivity contribution in [1.29, 1.82) is 0 Å². The van der Waals surface area contributed by atoms with Gasteiger partial charge in [-0.3, -0.25) is 19.8 Å². The van der Waals surface area contributed by atoms with E-state index in [0.29, 0.717) is 34.3 Å². The molecule has 40 heavy (non-hydrogen) atoms. The predicted molar refractivity (Wildman–Crippen MR) is 153 cm³/mol. The summed E-state index contributed by atoms with van der Waals surface area (Å²) >= 11 is 18.9. The van der Waals surface area contributed by atoms with Crippen molar-refractivity contribution in [3.63, 3.8) is 0 Å². The summed E-state index contributed by atoms with van der Waals surface area (Å²) in [6.07, 6.45) is 2.11. The molecule has 1 heterocycles. The Balaban J connectivity index is 1.63. The summed E-state index contributed by atoms with van der Waals surface area (Å²) in [6.45, 7) is 2.45. The summed E-state index contributed by atoms with van der Waals surface area (Å²) in [5, 5.41) is 3.14. The van der Waals surface area contributed by atoms with Crippen molar-refractivity contribution in [3.05, 3.63) is 91.9 Å². The lowest BCUT2D eigenvalue weighted by atomic mass is 10.1. The molecular formula is C29H25Cl3N2O6. The van der Waals surface area contributed by atoms with Crippen LogP contribution in [-0.4, -0.2) is 36.5 Å². The second-order valence-electron chi connectivity index (χ2n) is 8.73. The van der Waals surface area contributed by atoms with E-state index in [1.807, 2.05) is 13.0 Å². The first-order valence-corrected chi connectivity index (χ1v) is 13.4. The van der Waals surface area contributed by atoms with Crippen molar-refractivity contribution in [2.45, 2.75) is 26.5 Å². The zero-order chi connectivity index (χ0) is 28.8. The zero-order valence-corrected chi connectivity index (χ0v) is 23.9. The number of hydrogen-bond acceptors (Lipinski definition) is 6. The maximum atomic E-state index is 13.4. The first-order chi connectivity index (χ1) is 19.2. The highest BCUT2D eigenvalue weighted by atomic mass is 35.5. The van der Waals surface area contributed by atoms with Crippen LogP contribution in [0.15, 0.2) is 60.2 Å². The standard InChI is InChI=1S/C29H25Cl3N2O6/c1-3-10-39-24-9-8-17(11-25(24)38-2)15-34-28(36)21(27(35)33-29(34)37)13-19-12-20(30)14-23(32)26(19)40-16-18-6-4-5-7-22(18)31/h4-9,11-14H,3,10,15-16H2,1-2H3,(H,33,35,37)/b21-13+. The molecule has 1 saturated heterocycles. The van der Waals surface area contributed by atoms with Crippen molar-refractivity contribution in [3.8, 4) is 17.2 Å². The van der Waals surface area contributed by atoms with E-state index in [9.17, 15) is 14.4 Å². The smallest absolute Gasteiger partial charge is 0.331 e. The molecule has 0 atom stereocenters. The van der Waals surface area contributed by atoms with Crippen LogP contribution in [0, 0.1) is 0 Å². The fourth-order valence-electron chi connectivity index (χ4n) is 3.92. The molecule has 3 aromatic rings. The molecule has 8 nitrogen and oxygen atoms in total. The van der Waals surface area contributed by atoms with Gasteiger partial charge in [-0.25, -0.2) is 4.79 Å². The third kappa shape index (κ3) is 6.70. The number of barbiturate groups is 1. The molecule has 1 aliphatic heterocycles. The molecule has 0 unspecified atom stereocenters. The van der Waals surface area contributed by atoms with E-state index in [4.69, 9.17) is 49.0 Å². The molecule has 4 rings (SSSR count). The number of nitrogens with zero attached hydrogens (tertiary/aromatic N) is 1. The highest BCUT2D eigenvalue weighted by molar-refractivity contribution is 6.36. The van der Waals surface area contributed by atoms with Gasteiger partial charge in [0.25, 0.3) is 11.8 Å². The average molecular weight is 604 g/mol. The summed E-state index contributed by atoms with van der Waals surface area (Å²) < 4.78 is 17.0. The summed E-state index contributed by atoms with van der Waals surface area (Å²) in [4.78, 5) is 39.8. The van der Waals surface area contributed by atoms with Crippen LogP contribution in [0.5, 0.6) is 17.2 Å². The van der Waals surface area contributed by atoms with E-state index >= 15 is 0 Å². The summed E-state index contributed by atoms with van der Waals surface area (Å²) in [5.74, 6) is -0.473. The van der Waals surface area contributed by atoms with E-state index in [-0.39, 0.29) is 40.1 Å². The minimum Gasteiger partial charge on any atom is -0.493 e. The maximum absolute atomic E-state index is 13.4.